The quantitative estimate of drug-likeness (QED) is 0.307. The molecule has 30 heavy (non-hydrogen) atoms. The van der Waals surface area contributed by atoms with Gasteiger partial charge in [-0.15, -0.1) is 0 Å². The van der Waals surface area contributed by atoms with E-state index in [4.69, 9.17) is 9.73 Å². The lowest BCUT2D eigenvalue weighted by Crippen LogP contribution is -2.37. The molecule has 3 aromatic rings. The summed E-state index contributed by atoms with van der Waals surface area (Å²) in [5.41, 5.74) is 2.27. The number of benzene rings is 2. The molecule has 3 rings (SSSR count). The SMILES string of the molecule is C=CCOc1ccccc1CN=C(NCC)NCc1nccn1Cc1ccccc1. The molecule has 1 heterocycles. The van der Waals surface area contributed by atoms with Gasteiger partial charge in [0.15, 0.2) is 5.96 Å². The van der Waals surface area contributed by atoms with Crippen LogP contribution in [0.2, 0.25) is 0 Å². The predicted octanol–water partition coefficient (Wildman–Crippen LogP) is 3.75. The van der Waals surface area contributed by atoms with E-state index in [1.165, 1.54) is 5.56 Å². The Hall–Kier alpha value is -3.54. The molecular weight excluding hydrogens is 374 g/mol. The van der Waals surface area contributed by atoms with Gasteiger partial charge in [0, 0.05) is 31.0 Å². The fourth-order valence-corrected chi connectivity index (χ4v) is 3.02. The third-order valence-electron chi connectivity index (χ3n) is 4.49. The van der Waals surface area contributed by atoms with Gasteiger partial charge in [-0.2, -0.15) is 0 Å². The molecule has 2 N–H and O–H groups in total. The highest BCUT2D eigenvalue weighted by atomic mass is 16.5. The van der Waals surface area contributed by atoms with Crippen LogP contribution in [0, 0.1) is 0 Å². The third kappa shape index (κ3) is 6.24. The minimum Gasteiger partial charge on any atom is -0.489 e. The summed E-state index contributed by atoms with van der Waals surface area (Å²) in [6, 6.07) is 18.3. The van der Waals surface area contributed by atoms with Gasteiger partial charge in [-0.3, -0.25) is 0 Å². The summed E-state index contributed by atoms with van der Waals surface area (Å²) in [6.45, 7) is 8.90. The summed E-state index contributed by atoms with van der Waals surface area (Å²) in [6.07, 6.45) is 5.57. The van der Waals surface area contributed by atoms with Crippen molar-refractivity contribution in [3.05, 3.63) is 96.6 Å². The Balaban J connectivity index is 1.64. The number of hydrogen-bond donors (Lipinski definition) is 2. The van der Waals surface area contributed by atoms with E-state index >= 15 is 0 Å². The number of guanidine groups is 1. The molecule has 0 saturated heterocycles. The van der Waals surface area contributed by atoms with Crippen LogP contribution in [0.15, 0.2) is 84.6 Å². The maximum absolute atomic E-state index is 5.73. The fraction of sp³-hybridized carbons (Fsp3) is 0.250. The lowest BCUT2D eigenvalue weighted by molar-refractivity contribution is 0.359. The van der Waals surface area contributed by atoms with Crippen LogP contribution < -0.4 is 15.4 Å². The van der Waals surface area contributed by atoms with Crippen LogP contribution in [0.3, 0.4) is 0 Å². The van der Waals surface area contributed by atoms with Crippen LogP contribution in [0.1, 0.15) is 23.9 Å². The highest BCUT2D eigenvalue weighted by Gasteiger charge is 2.06. The fourth-order valence-electron chi connectivity index (χ4n) is 3.02. The number of aromatic nitrogens is 2. The van der Waals surface area contributed by atoms with Crippen molar-refractivity contribution in [3.8, 4) is 5.75 Å². The Morgan fingerprint density at radius 1 is 1.13 bits per heavy atom. The minimum atomic E-state index is 0.475. The first-order chi connectivity index (χ1) is 14.8. The van der Waals surface area contributed by atoms with E-state index < -0.39 is 0 Å². The van der Waals surface area contributed by atoms with Gasteiger partial charge in [-0.1, -0.05) is 61.2 Å². The van der Waals surface area contributed by atoms with Crippen LogP contribution in [0.5, 0.6) is 5.75 Å². The summed E-state index contributed by atoms with van der Waals surface area (Å²) in [4.78, 5) is 9.22. The molecule has 0 radical (unpaired) electrons. The zero-order valence-corrected chi connectivity index (χ0v) is 17.4. The topological polar surface area (TPSA) is 63.5 Å². The first kappa shape index (κ1) is 21.2. The monoisotopic (exact) mass is 403 g/mol. The molecule has 156 valence electrons. The Morgan fingerprint density at radius 3 is 2.73 bits per heavy atom. The second-order valence-electron chi connectivity index (χ2n) is 6.71. The molecule has 2 aromatic carbocycles. The molecule has 0 aliphatic rings. The molecule has 1 aromatic heterocycles. The standard InChI is InChI=1S/C24H29N5O/c1-3-16-30-22-13-9-8-12-21(22)17-27-24(25-4-2)28-18-23-26-14-15-29(23)19-20-10-6-5-7-11-20/h3,5-15H,1,4,16-19H2,2H3,(H2,25,27,28). The number of imidazole rings is 1. The van der Waals surface area contributed by atoms with Gasteiger partial charge in [-0.05, 0) is 18.6 Å². The normalized spacial score (nSPS) is 11.2. The summed E-state index contributed by atoms with van der Waals surface area (Å²) in [5.74, 6) is 2.53. The molecule has 0 spiro atoms. The van der Waals surface area contributed by atoms with Crippen LogP contribution >= 0.6 is 0 Å². The van der Waals surface area contributed by atoms with Gasteiger partial charge < -0.3 is 19.9 Å². The zero-order valence-electron chi connectivity index (χ0n) is 17.4. The zero-order chi connectivity index (χ0) is 21.0. The molecule has 6 nitrogen and oxygen atoms in total. The van der Waals surface area contributed by atoms with Crippen LogP contribution in [-0.4, -0.2) is 28.7 Å². The van der Waals surface area contributed by atoms with E-state index in [1.54, 1.807) is 6.08 Å². The molecule has 0 unspecified atom stereocenters. The van der Waals surface area contributed by atoms with Crippen LogP contribution in [-0.2, 0) is 19.6 Å². The van der Waals surface area contributed by atoms with Crippen molar-refractivity contribution in [1.29, 1.82) is 0 Å². The van der Waals surface area contributed by atoms with Crippen LogP contribution in [0.4, 0.5) is 0 Å². The van der Waals surface area contributed by atoms with Crippen molar-refractivity contribution in [3.63, 3.8) is 0 Å². The Bertz CT molecular complexity index is 949. The number of aliphatic imine (C=N–C) groups is 1. The number of para-hydroxylation sites is 1. The second-order valence-corrected chi connectivity index (χ2v) is 6.71. The first-order valence-corrected chi connectivity index (χ1v) is 10.2. The lowest BCUT2D eigenvalue weighted by atomic mass is 10.2. The van der Waals surface area contributed by atoms with Crippen molar-refractivity contribution < 1.29 is 4.74 Å². The van der Waals surface area contributed by atoms with E-state index in [9.17, 15) is 0 Å². The summed E-state index contributed by atoms with van der Waals surface area (Å²) >= 11 is 0. The van der Waals surface area contributed by atoms with Gasteiger partial charge >= 0.3 is 0 Å². The third-order valence-corrected chi connectivity index (χ3v) is 4.49. The number of nitrogens with zero attached hydrogens (tertiary/aromatic N) is 3. The van der Waals surface area contributed by atoms with Crippen molar-refractivity contribution in [2.75, 3.05) is 13.2 Å². The largest absolute Gasteiger partial charge is 0.489 e. The van der Waals surface area contributed by atoms with E-state index in [2.05, 4.69) is 58.0 Å². The molecule has 0 bridgehead atoms. The number of hydrogen-bond acceptors (Lipinski definition) is 3. The van der Waals surface area contributed by atoms with E-state index in [-0.39, 0.29) is 0 Å². The molecule has 0 atom stereocenters. The number of ether oxygens (including phenoxy) is 1. The molecule has 0 aliphatic heterocycles. The number of rotatable bonds is 10. The Labute approximate surface area is 178 Å². The average molecular weight is 404 g/mol. The van der Waals surface area contributed by atoms with Crippen molar-refractivity contribution in [2.24, 2.45) is 4.99 Å². The van der Waals surface area contributed by atoms with Gasteiger partial charge in [-0.25, -0.2) is 9.98 Å². The summed E-state index contributed by atoms with van der Waals surface area (Å²) in [5, 5.41) is 6.67. The highest BCUT2D eigenvalue weighted by molar-refractivity contribution is 5.79. The van der Waals surface area contributed by atoms with Crippen LogP contribution in [0.25, 0.3) is 0 Å². The van der Waals surface area contributed by atoms with Gasteiger partial charge in [0.1, 0.15) is 18.2 Å². The molecule has 0 saturated carbocycles. The van der Waals surface area contributed by atoms with Gasteiger partial charge in [0.2, 0.25) is 0 Å². The average Bonchev–Trinajstić information content (AvgIpc) is 3.22. The lowest BCUT2D eigenvalue weighted by Gasteiger charge is -2.13. The minimum absolute atomic E-state index is 0.475. The maximum atomic E-state index is 5.73. The van der Waals surface area contributed by atoms with Crippen molar-refractivity contribution in [1.82, 2.24) is 20.2 Å². The number of nitrogens with one attached hydrogen (secondary N) is 2. The van der Waals surface area contributed by atoms with E-state index in [0.717, 1.165) is 36.2 Å². The van der Waals surface area contributed by atoms with Crippen molar-refractivity contribution in [2.45, 2.75) is 26.6 Å². The maximum Gasteiger partial charge on any atom is 0.191 e. The van der Waals surface area contributed by atoms with E-state index in [0.29, 0.717) is 19.7 Å². The Morgan fingerprint density at radius 2 is 1.93 bits per heavy atom. The van der Waals surface area contributed by atoms with Gasteiger partial charge in [0.25, 0.3) is 0 Å². The summed E-state index contributed by atoms with van der Waals surface area (Å²) < 4.78 is 7.87. The molecule has 0 aliphatic carbocycles. The molecule has 0 amide bonds. The second kappa shape index (κ2) is 11.5. The van der Waals surface area contributed by atoms with Gasteiger partial charge in [0.05, 0.1) is 13.1 Å². The highest BCUT2D eigenvalue weighted by Crippen LogP contribution is 2.18. The first-order valence-electron chi connectivity index (χ1n) is 10.2. The van der Waals surface area contributed by atoms with E-state index in [1.807, 2.05) is 42.7 Å². The molecular formula is C24H29N5O. The Kier molecular flexibility index (Phi) is 8.09. The molecule has 6 heteroatoms. The predicted molar refractivity (Wildman–Crippen MR) is 122 cm³/mol. The summed E-state index contributed by atoms with van der Waals surface area (Å²) in [7, 11) is 0. The van der Waals surface area contributed by atoms with Crippen molar-refractivity contribution >= 4 is 5.96 Å². The molecule has 0 fully saturated rings. The smallest absolute Gasteiger partial charge is 0.191 e.